The number of rotatable bonds is 8. The van der Waals surface area contributed by atoms with Crippen molar-refractivity contribution >= 4 is 11.6 Å². The Morgan fingerprint density at radius 2 is 1.91 bits per heavy atom. The van der Waals surface area contributed by atoms with Crippen LogP contribution in [0.4, 0.5) is 0 Å². The van der Waals surface area contributed by atoms with E-state index >= 15 is 0 Å². The maximum atomic E-state index is 9.15. The van der Waals surface area contributed by atoms with Crippen LogP contribution in [0.15, 0.2) is 48.5 Å². The molecule has 4 heteroatoms. The molecule has 3 nitrogen and oxygen atoms in total. The van der Waals surface area contributed by atoms with Crippen molar-refractivity contribution in [3.05, 3.63) is 64.7 Å². The largest absolute Gasteiger partial charge is 0.489 e. The Balaban J connectivity index is 1.84. The Labute approximate surface area is 136 Å². The number of hydrogen-bond donors (Lipinski definition) is 2. The molecule has 22 heavy (non-hydrogen) atoms. The minimum atomic E-state index is 0.152. The molecule has 0 radical (unpaired) electrons. The molecule has 0 heterocycles. The first-order chi connectivity index (χ1) is 10.7. The van der Waals surface area contributed by atoms with Gasteiger partial charge in [-0.1, -0.05) is 42.8 Å². The fourth-order valence-corrected chi connectivity index (χ4v) is 2.31. The van der Waals surface area contributed by atoms with Gasteiger partial charge in [-0.15, -0.1) is 0 Å². The maximum absolute atomic E-state index is 9.15. The zero-order chi connectivity index (χ0) is 15.8. The number of hydrogen-bond acceptors (Lipinski definition) is 3. The van der Waals surface area contributed by atoms with Gasteiger partial charge in [0.15, 0.2) is 0 Å². The number of ether oxygens (including phenoxy) is 1. The van der Waals surface area contributed by atoms with Crippen molar-refractivity contribution in [3.63, 3.8) is 0 Å². The van der Waals surface area contributed by atoms with Crippen molar-refractivity contribution in [1.82, 2.24) is 5.32 Å². The van der Waals surface area contributed by atoms with E-state index in [4.69, 9.17) is 21.4 Å². The second-order valence-corrected chi connectivity index (χ2v) is 5.67. The van der Waals surface area contributed by atoms with Crippen LogP contribution in [0.5, 0.6) is 5.75 Å². The molecular weight excluding hydrogens is 298 g/mol. The molecule has 1 unspecified atom stereocenters. The van der Waals surface area contributed by atoms with Crippen molar-refractivity contribution in [1.29, 1.82) is 0 Å². The average molecular weight is 320 g/mol. The van der Waals surface area contributed by atoms with Crippen molar-refractivity contribution in [2.24, 2.45) is 0 Å². The van der Waals surface area contributed by atoms with E-state index in [1.807, 2.05) is 48.5 Å². The van der Waals surface area contributed by atoms with E-state index in [1.54, 1.807) is 0 Å². The van der Waals surface area contributed by atoms with Gasteiger partial charge in [-0.25, -0.2) is 0 Å². The summed E-state index contributed by atoms with van der Waals surface area (Å²) in [4.78, 5) is 0. The lowest BCUT2D eigenvalue weighted by molar-refractivity contribution is 0.238. The molecule has 1 atom stereocenters. The first-order valence-electron chi connectivity index (χ1n) is 7.51. The quantitative estimate of drug-likeness (QED) is 0.778. The lowest BCUT2D eigenvalue weighted by atomic mass is 10.2. The highest BCUT2D eigenvalue weighted by atomic mass is 35.5. The Morgan fingerprint density at radius 3 is 2.55 bits per heavy atom. The summed E-state index contributed by atoms with van der Waals surface area (Å²) in [6.45, 7) is 3.46. The topological polar surface area (TPSA) is 41.5 Å². The zero-order valence-electron chi connectivity index (χ0n) is 12.8. The van der Waals surface area contributed by atoms with Crippen LogP contribution >= 0.6 is 11.6 Å². The van der Waals surface area contributed by atoms with Gasteiger partial charge in [0.05, 0.1) is 6.61 Å². The first-order valence-corrected chi connectivity index (χ1v) is 7.89. The van der Waals surface area contributed by atoms with Crippen molar-refractivity contribution in [3.8, 4) is 5.75 Å². The third kappa shape index (κ3) is 5.34. The highest BCUT2D eigenvalue weighted by Gasteiger charge is 2.03. The molecule has 0 saturated carbocycles. The Morgan fingerprint density at radius 1 is 1.14 bits per heavy atom. The molecule has 0 amide bonds. The van der Waals surface area contributed by atoms with Gasteiger partial charge in [0.2, 0.25) is 0 Å². The maximum Gasteiger partial charge on any atom is 0.119 e. The van der Waals surface area contributed by atoms with E-state index in [9.17, 15) is 0 Å². The minimum Gasteiger partial charge on any atom is -0.489 e. The van der Waals surface area contributed by atoms with Crippen LogP contribution in [0, 0.1) is 0 Å². The number of benzene rings is 2. The van der Waals surface area contributed by atoms with Gasteiger partial charge in [-0.2, -0.15) is 0 Å². The molecule has 0 aliphatic heterocycles. The van der Waals surface area contributed by atoms with Crippen LogP contribution in [-0.2, 0) is 13.2 Å². The van der Waals surface area contributed by atoms with Gasteiger partial charge in [0.1, 0.15) is 12.4 Å². The monoisotopic (exact) mass is 319 g/mol. The van der Waals surface area contributed by atoms with Gasteiger partial charge in [0.25, 0.3) is 0 Å². The summed E-state index contributed by atoms with van der Waals surface area (Å²) in [6, 6.07) is 15.8. The van der Waals surface area contributed by atoms with Crippen LogP contribution in [0.1, 0.15) is 24.5 Å². The number of aliphatic hydroxyl groups excluding tert-OH is 1. The van der Waals surface area contributed by atoms with Gasteiger partial charge >= 0.3 is 0 Å². The van der Waals surface area contributed by atoms with Gasteiger partial charge in [-0.05, 0) is 41.8 Å². The first kappa shape index (κ1) is 16.8. The summed E-state index contributed by atoms with van der Waals surface area (Å²) in [5.74, 6) is 0.831. The molecule has 0 aliphatic carbocycles. The molecule has 0 spiro atoms. The van der Waals surface area contributed by atoms with Gasteiger partial charge in [0, 0.05) is 17.6 Å². The molecule has 118 valence electrons. The molecule has 0 aliphatic rings. The summed E-state index contributed by atoms with van der Waals surface area (Å²) in [6.07, 6.45) is 0.914. The average Bonchev–Trinajstić information content (AvgIpc) is 2.55. The van der Waals surface area contributed by atoms with E-state index in [0.29, 0.717) is 6.61 Å². The van der Waals surface area contributed by atoms with Gasteiger partial charge < -0.3 is 15.2 Å². The van der Waals surface area contributed by atoms with E-state index in [1.165, 1.54) is 5.56 Å². The highest BCUT2D eigenvalue weighted by Crippen LogP contribution is 2.16. The van der Waals surface area contributed by atoms with Gasteiger partial charge in [-0.3, -0.25) is 0 Å². The summed E-state index contributed by atoms with van der Waals surface area (Å²) < 4.78 is 5.75. The van der Waals surface area contributed by atoms with E-state index in [0.717, 1.165) is 29.3 Å². The summed E-state index contributed by atoms with van der Waals surface area (Å²) in [5.41, 5.74) is 2.22. The number of aliphatic hydroxyl groups is 1. The molecule has 0 aromatic heterocycles. The lowest BCUT2D eigenvalue weighted by Crippen LogP contribution is -2.31. The third-order valence-corrected chi connectivity index (χ3v) is 3.76. The number of nitrogens with one attached hydrogen (secondary N) is 1. The van der Waals surface area contributed by atoms with Crippen LogP contribution in [0.25, 0.3) is 0 Å². The molecule has 2 aromatic rings. The molecule has 0 saturated heterocycles. The Bertz CT molecular complexity index is 568. The number of halogens is 1. The Kier molecular flexibility index (Phi) is 6.72. The van der Waals surface area contributed by atoms with Crippen molar-refractivity contribution < 1.29 is 9.84 Å². The summed E-state index contributed by atoms with van der Waals surface area (Å²) >= 11 is 5.95. The molecule has 2 rings (SSSR count). The third-order valence-electron chi connectivity index (χ3n) is 3.53. The molecular formula is C18H22ClNO2. The SMILES string of the molecule is CCC(CO)NCc1ccc(OCc2cccc(Cl)c2)cc1. The minimum absolute atomic E-state index is 0.152. The van der Waals surface area contributed by atoms with Crippen molar-refractivity contribution in [2.45, 2.75) is 32.5 Å². The summed E-state index contributed by atoms with van der Waals surface area (Å²) in [7, 11) is 0. The molecule has 0 fully saturated rings. The fraction of sp³-hybridized carbons (Fsp3) is 0.333. The standard InChI is InChI=1S/C18H22ClNO2/c1-2-17(12-21)20-11-14-6-8-18(9-7-14)22-13-15-4-3-5-16(19)10-15/h3-10,17,20-21H,2,11-13H2,1H3. The normalized spacial score (nSPS) is 12.1. The smallest absolute Gasteiger partial charge is 0.119 e. The second kappa shape index (κ2) is 8.79. The second-order valence-electron chi connectivity index (χ2n) is 5.23. The predicted molar refractivity (Wildman–Crippen MR) is 90.2 cm³/mol. The highest BCUT2D eigenvalue weighted by molar-refractivity contribution is 6.30. The van der Waals surface area contributed by atoms with E-state index in [2.05, 4.69) is 12.2 Å². The fourth-order valence-electron chi connectivity index (χ4n) is 2.10. The van der Waals surface area contributed by atoms with E-state index in [-0.39, 0.29) is 12.6 Å². The van der Waals surface area contributed by atoms with Crippen LogP contribution < -0.4 is 10.1 Å². The van der Waals surface area contributed by atoms with E-state index < -0.39 is 0 Å². The summed E-state index contributed by atoms with van der Waals surface area (Å²) in [5, 5.41) is 13.2. The van der Waals surface area contributed by atoms with Crippen LogP contribution in [-0.4, -0.2) is 17.8 Å². The zero-order valence-corrected chi connectivity index (χ0v) is 13.5. The Hall–Kier alpha value is -1.55. The van der Waals surface area contributed by atoms with Crippen LogP contribution in [0.3, 0.4) is 0 Å². The van der Waals surface area contributed by atoms with Crippen molar-refractivity contribution in [2.75, 3.05) is 6.61 Å². The predicted octanol–water partition coefficient (Wildman–Crippen LogP) is 3.78. The lowest BCUT2D eigenvalue weighted by Gasteiger charge is -2.14. The van der Waals surface area contributed by atoms with Crippen LogP contribution in [0.2, 0.25) is 5.02 Å². The molecule has 2 N–H and O–H groups in total. The molecule has 2 aromatic carbocycles. The molecule has 0 bridgehead atoms.